The van der Waals surface area contributed by atoms with E-state index in [-0.39, 0.29) is 0 Å². The Morgan fingerprint density at radius 3 is 2.68 bits per heavy atom. The van der Waals surface area contributed by atoms with Crippen molar-refractivity contribution in [2.75, 3.05) is 51.0 Å². The van der Waals surface area contributed by atoms with E-state index in [4.69, 9.17) is 9.47 Å². The molecule has 150 valence electrons. The number of benzene rings is 1. The summed E-state index contributed by atoms with van der Waals surface area (Å²) >= 11 is 0. The summed E-state index contributed by atoms with van der Waals surface area (Å²) in [6.45, 7) is 6.28. The van der Waals surface area contributed by atoms with E-state index in [0.29, 0.717) is 12.6 Å². The molecule has 0 amide bonds. The molecule has 2 aromatic rings. The molecule has 0 bridgehead atoms. The minimum Gasteiger partial charge on any atom is -0.493 e. The third kappa shape index (κ3) is 4.30. The molecule has 0 unspecified atom stereocenters. The Bertz CT molecular complexity index is 830. The number of ether oxygens (including phenoxy) is 2. The summed E-state index contributed by atoms with van der Waals surface area (Å²) in [7, 11) is 3.50. The maximum atomic E-state index is 6.02. The molecule has 1 aromatic heterocycles. The number of nitrogens with one attached hydrogen (secondary N) is 2. The molecule has 0 radical (unpaired) electrons. The Balaban J connectivity index is 1.34. The third-order valence-electron chi connectivity index (χ3n) is 5.48. The van der Waals surface area contributed by atoms with Gasteiger partial charge in [0.05, 0.1) is 13.7 Å². The summed E-state index contributed by atoms with van der Waals surface area (Å²) in [6.07, 6.45) is 3.87. The number of hydrogen-bond donors (Lipinski definition) is 2. The smallest absolute Gasteiger partial charge is 0.229 e. The SMILES string of the molecule is CNc1cc(C)nc(Nc2ccc(OC)c(OCCCN3CC4(CC4)C3)c2)n1. The Kier molecular flexibility index (Phi) is 5.26. The maximum absolute atomic E-state index is 6.02. The minimum atomic E-state index is 0.548. The lowest BCUT2D eigenvalue weighted by atomic mass is 9.97. The van der Waals surface area contributed by atoms with Crippen molar-refractivity contribution in [2.24, 2.45) is 5.41 Å². The predicted molar refractivity (Wildman–Crippen MR) is 111 cm³/mol. The molecule has 1 aliphatic heterocycles. The van der Waals surface area contributed by atoms with Crippen LogP contribution in [-0.4, -0.2) is 55.3 Å². The normalized spacial score (nSPS) is 17.1. The van der Waals surface area contributed by atoms with Crippen molar-refractivity contribution >= 4 is 17.5 Å². The number of aryl methyl sites for hydroxylation is 1. The molecule has 7 nitrogen and oxygen atoms in total. The topological polar surface area (TPSA) is 71.5 Å². The Morgan fingerprint density at radius 1 is 1.14 bits per heavy atom. The fourth-order valence-electron chi connectivity index (χ4n) is 3.77. The van der Waals surface area contributed by atoms with Gasteiger partial charge < -0.3 is 25.0 Å². The molecule has 1 saturated carbocycles. The lowest BCUT2D eigenvalue weighted by Crippen LogP contribution is -2.48. The molecule has 2 fully saturated rings. The Hall–Kier alpha value is -2.54. The standard InChI is InChI=1S/C21H29N5O2/c1-15-11-19(22-2)25-20(23-15)24-16-5-6-17(27-3)18(12-16)28-10-4-9-26-13-21(14-26)7-8-21/h5-6,11-12H,4,7-10,13-14H2,1-3H3,(H2,22,23,24,25). The highest BCUT2D eigenvalue weighted by molar-refractivity contribution is 5.60. The Morgan fingerprint density at radius 2 is 1.96 bits per heavy atom. The molecule has 1 spiro atoms. The molecule has 1 saturated heterocycles. The van der Waals surface area contributed by atoms with Crippen LogP contribution in [-0.2, 0) is 0 Å². The van der Waals surface area contributed by atoms with Crippen LogP contribution in [0.25, 0.3) is 0 Å². The maximum Gasteiger partial charge on any atom is 0.229 e. The van der Waals surface area contributed by atoms with Crippen LogP contribution < -0.4 is 20.1 Å². The summed E-state index contributed by atoms with van der Waals surface area (Å²) in [5.41, 5.74) is 2.47. The van der Waals surface area contributed by atoms with Gasteiger partial charge in [0, 0.05) is 50.2 Å². The predicted octanol–water partition coefficient (Wildman–Crippen LogP) is 3.44. The van der Waals surface area contributed by atoms with E-state index in [1.54, 1.807) is 7.11 Å². The van der Waals surface area contributed by atoms with E-state index in [1.807, 2.05) is 38.2 Å². The zero-order chi connectivity index (χ0) is 19.6. The average Bonchev–Trinajstić information content (AvgIpc) is 3.45. The van der Waals surface area contributed by atoms with Gasteiger partial charge in [0.2, 0.25) is 5.95 Å². The zero-order valence-electron chi connectivity index (χ0n) is 16.9. The van der Waals surface area contributed by atoms with Crippen LogP contribution in [0.5, 0.6) is 11.5 Å². The first kappa shape index (κ1) is 18.8. The highest BCUT2D eigenvalue weighted by atomic mass is 16.5. The van der Waals surface area contributed by atoms with Gasteiger partial charge in [-0.1, -0.05) is 0 Å². The fourth-order valence-corrected chi connectivity index (χ4v) is 3.77. The summed E-state index contributed by atoms with van der Waals surface area (Å²) in [6, 6.07) is 7.67. The zero-order valence-corrected chi connectivity index (χ0v) is 16.9. The van der Waals surface area contributed by atoms with E-state index in [2.05, 4.69) is 25.5 Å². The van der Waals surface area contributed by atoms with Gasteiger partial charge in [0.25, 0.3) is 0 Å². The number of rotatable bonds is 9. The van der Waals surface area contributed by atoms with Gasteiger partial charge in [-0.15, -0.1) is 0 Å². The second-order valence-electron chi connectivity index (χ2n) is 7.87. The molecule has 2 aliphatic rings. The van der Waals surface area contributed by atoms with Crippen LogP contribution in [0.3, 0.4) is 0 Å². The van der Waals surface area contributed by atoms with Crippen LogP contribution in [0.15, 0.2) is 24.3 Å². The van der Waals surface area contributed by atoms with Crippen LogP contribution >= 0.6 is 0 Å². The lowest BCUT2D eigenvalue weighted by molar-refractivity contribution is 0.0756. The van der Waals surface area contributed by atoms with Gasteiger partial charge in [0.1, 0.15) is 5.82 Å². The van der Waals surface area contributed by atoms with Crippen LogP contribution in [0, 0.1) is 12.3 Å². The van der Waals surface area contributed by atoms with Crippen LogP contribution in [0.2, 0.25) is 0 Å². The molecule has 1 aliphatic carbocycles. The summed E-state index contributed by atoms with van der Waals surface area (Å²) < 4.78 is 11.5. The van der Waals surface area contributed by atoms with Crippen LogP contribution in [0.4, 0.5) is 17.5 Å². The average molecular weight is 383 g/mol. The van der Waals surface area contributed by atoms with E-state index in [1.165, 1.54) is 25.9 Å². The number of anilines is 3. The van der Waals surface area contributed by atoms with Crippen molar-refractivity contribution in [3.8, 4) is 11.5 Å². The first-order chi connectivity index (χ1) is 13.6. The van der Waals surface area contributed by atoms with Gasteiger partial charge >= 0.3 is 0 Å². The molecule has 2 heterocycles. The molecular weight excluding hydrogens is 354 g/mol. The van der Waals surface area contributed by atoms with Gasteiger partial charge in [-0.3, -0.25) is 0 Å². The molecule has 7 heteroatoms. The number of hydrogen-bond acceptors (Lipinski definition) is 7. The van der Waals surface area contributed by atoms with Gasteiger partial charge in [-0.2, -0.15) is 4.98 Å². The minimum absolute atomic E-state index is 0.548. The van der Waals surface area contributed by atoms with E-state index < -0.39 is 0 Å². The Labute approximate surface area is 166 Å². The van der Waals surface area contributed by atoms with Gasteiger partial charge in [-0.25, -0.2) is 4.98 Å². The number of nitrogens with zero attached hydrogens (tertiary/aromatic N) is 3. The number of methoxy groups -OCH3 is 1. The van der Waals surface area contributed by atoms with Crippen molar-refractivity contribution in [1.29, 1.82) is 0 Å². The lowest BCUT2D eigenvalue weighted by Gasteiger charge is -2.40. The monoisotopic (exact) mass is 383 g/mol. The third-order valence-corrected chi connectivity index (χ3v) is 5.48. The first-order valence-corrected chi connectivity index (χ1v) is 9.93. The van der Waals surface area contributed by atoms with Gasteiger partial charge in [-0.05, 0) is 43.7 Å². The molecule has 28 heavy (non-hydrogen) atoms. The van der Waals surface area contributed by atoms with E-state index >= 15 is 0 Å². The van der Waals surface area contributed by atoms with Crippen molar-refractivity contribution in [3.63, 3.8) is 0 Å². The van der Waals surface area contributed by atoms with Crippen molar-refractivity contribution in [3.05, 3.63) is 30.0 Å². The highest BCUT2D eigenvalue weighted by Crippen LogP contribution is 2.52. The van der Waals surface area contributed by atoms with Crippen molar-refractivity contribution in [1.82, 2.24) is 14.9 Å². The molecule has 4 rings (SSSR count). The number of likely N-dealkylation sites (tertiary alicyclic amines) is 1. The van der Waals surface area contributed by atoms with Gasteiger partial charge in [0.15, 0.2) is 11.5 Å². The van der Waals surface area contributed by atoms with Crippen molar-refractivity contribution in [2.45, 2.75) is 26.2 Å². The second kappa shape index (κ2) is 7.83. The first-order valence-electron chi connectivity index (χ1n) is 9.93. The van der Waals surface area contributed by atoms with E-state index in [0.717, 1.165) is 47.1 Å². The quantitative estimate of drug-likeness (QED) is 0.643. The highest BCUT2D eigenvalue weighted by Gasteiger charge is 2.51. The molecule has 0 atom stereocenters. The van der Waals surface area contributed by atoms with Crippen molar-refractivity contribution < 1.29 is 9.47 Å². The van der Waals surface area contributed by atoms with E-state index in [9.17, 15) is 0 Å². The molecule has 1 aromatic carbocycles. The summed E-state index contributed by atoms with van der Waals surface area (Å²) in [4.78, 5) is 11.4. The fraction of sp³-hybridized carbons (Fsp3) is 0.524. The molecule has 2 N–H and O–H groups in total. The largest absolute Gasteiger partial charge is 0.493 e. The molecular formula is C21H29N5O2. The second-order valence-corrected chi connectivity index (χ2v) is 7.87. The summed E-state index contributed by atoms with van der Waals surface area (Å²) in [5, 5.41) is 6.29. The van der Waals surface area contributed by atoms with Crippen LogP contribution in [0.1, 0.15) is 25.0 Å². The summed E-state index contributed by atoms with van der Waals surface area (Å²) in [5.74, 6) is 2.79. The number of aromatic nitrogens is 2.